The zero-order valence-corrected chi connectivity index (χ0v) is 10.1. The SMILES string of the molecule is CC(C)COC(=O)/C=C/c1cccc(C=O)c1. The van der Waals surface area contributed by atoms with Crippen LogP contribution in [0.3, 0.4) is 0 Å². The molecule has 17 heavy (non-hydrogen) atoms. The van der Waals surface area contributed by atoms with Crippen LogP contribution in [0, 0.1) is 5.92 Å². The van der Waals surface area contributed by atoms with Gasteiger partial charge in [-0.1, -0.05) is 32.0 Å². The van der Waals surface area contributed by atoms with Crippen LogP contribution in [0.15, 0.2) is 30.3 Å². The molecule has 0 heterocycles. The number of hydrogen-bond acceptors (Lipinski definition) is 3. The summed E-state index contributed by atoms with van der Waals surface area (Å²) in [5.74, 6) is -0.0408. The van der Waals surface area contributed by atoms with E-state index in [0.29, 0.717) is 18.1 Å². The van der Waals surface area contributed by atoms with E-state index in [2.05, 4.69) is 0 Å². The van der Waals surface area contributed by atoms with Gasteiger partial charge in [-0.05, 0) is 23.6 Å². The number of aldehydes is 1. The molecule has 3 nitrogen and oxygen atoms in total. The molecule has 0 amide bonds. The highest BCUT2D eigenvalue weighted by Gasteiger charge is 1.99. The van der Waals surface area contributed by atoms with Crippen molar-refractivity contribution >= 4 is 18.3 Å². The van der Waals surface area contributed by atoms with E-state index in [1.165, 1.54) is 6.08 Å². The van der Waals surface area contributed by atoms with Crippen molar-refractivity contribution in [2.75, 3.05) is 6.61 Å². The average Bonchev–Trinajstić information content (AvgIpc) is 2.34. The van der Waals surface area contributed by atoms with Gasteiger partial charge in [0, 0.05) is 11.6 Å². The normalized spacial score (nSPS) is 10.8. The van der Waals surface area contributed by atoms with Crippen molar-refractivity contribution in [3.63, 3.8) is 0 Å². The molecule has 0 N–H and O–H groups in total. The third kappa shape index (κ3) is 5.11. The maximum Gasteiger partial charge on any atom is 0.330 e. The molecule has 0 bridgehead atoms. The molecule has 1 aromatic rings. The van der Waals surface area contributed by atoms with Gasteiger partial charge in [0.25, 0.3) is 0 Å². The fourth-order valence-corrected chi connectivity index (χ4v) is 1.20. The van der Waals surface area contributed by atoms with Crippen molar-refractivity contribution in [1.82, 2.24) is 0 Å². The van der Waals surface area contributed by atoms with E-state index < -0.39 is 0 Å². The standard InChI is InChI=1S/C14H16O3/c1-11(2)10-17-14(16)7-6-12-4-3-5-13(8-12)9-15/h3-9,11H,10H2,1-2H3/b7-6+. The summed E-state index contributed by atoms with van der Waals surface area (Å²) in [6.07, 6.45) is 3.77. The Balaban J connectivity index is 2.57. The first-order valence-corrected chi connectivity index (χ1v) is 5.52. The van der Waals surface area contributed by atoms with Gasteiger partial charge in [-0.2, -0.15) is 0 Å². The molecule has 0 aliphatic carbocycles. The number of carbonyl (C=O) groups excluding carboxylic acids is 2. The summed E-state index contributed by atoms with van der Waals surface area (Å²) in [6.45, 7) is 4.37. The number of carbonyl (C=O) groups is 2. The quantitative estimate of drug-likeness (QED) is 0.445. The number of benzene rings is 1. The zero-order chi connectivity index (χ0) is 12.7. The summed E-state index contributed by atoms with van der Waals surface area (Å²) in [6, 6.07) is 7.00. The van der Waals surface area contributed by atoms with E-state index in [0.717, 1.165) is 11.8 Å². The van der Waals surface area contributed by atoms with Crippen LogP contribution in [0.4, 0.5) is 0 Å². The van der Waals surface area contributed by atoms with E-state index in [4.69, 9.17) is 4.74 Å². The first-order chi connectivity index (χ1) is 8.11. The summed E-state index contributed by atoms with van der Waals surface area (Å²) >= 11 is 0. The van der Waals surface area contributed by atoms with Crippen LogP contribution in [0.2, 0.25) is 0 Å². The number of esters is 1. The molecule has 0 atom stereocenters. The predicted octanol–water partition coefficient (Wildman–Crippen LogP) is 2.71. The molecule has 0 aliphatic rings. The fraction of sp³-hybridized carbons (Fsp3) is 0.286. The van der Waals surface area contributed by atoms with Crippen LogP contribution in [0.1, 0.15) is 29.8 Å². The molecule has 0 saturated heterocycles. The second-order valence-electron chi connectivity index (χ2n) is 4.15. The molecular weight excluding hydrogens is 216 g/mol. The van der Waals surface area contributed by atoms with Gasteiger partial charge in [0.05, 0.1) is 6.61 Å². The Kier molecular flexibility index (Phi) is 5.14. The fourth-order valence-electron chi connectivity index (χ4n) is 1.20. The summed E-state index contributed by atoms with van der Waals surface area (Å²) in [5, 5.41) is 0. The van der Waals surface area contributed by atoms with Crippen molar-refractivity contribution in [1.29, 1.82) is 0 Å². The summed E-state index contributed by atoms with van der Waals surface area (Å²) in [5.41, 5.74) is 1.39. The lowest BCUT2D eigenvalue weighted by atomic mass is 10.1. The maximum absolute atomic E-state index is 11.3. The summed E-state index contributed by atoms with van der Waals surface area (Å²) in [4.78, 5) is 21.9. The number of hydrogen-bond donors (Lipinski definition) is 0. The Hall–Kier alpha value is -1.90. The van der Waals surface area contributed by atoms with Gasteiger partial charge in [0.2, 0.25) is 0 Å². The Morgan fingerprint density at radius 1 is 1.35 bits per heavy atom. The summed E-state index contributed by atoms with van der Waals surface area (Å²) < 4.78 is 4.99. The van der Waals surface area contributed by atoms with E-state index in [1.54, 1.807) is 24.3 Å². The molecular formula is C14H16O3. The topological polar surface area (TPSA) is 43.4 Å². The molecule has 0 fully saturated rings. The second kappa shape index (κ2) is 6.63. The van der Waals surface area contributed by atoms with Crippen LogP contribution in [0.5, 0.6) is 0 Å². The van der Waals surface area contributed by atoms with Gasteiger partial charge >= 0.3 is 5.97 Å². The highest BCUT2D eigenvalue weighted by Crippen LogP contribution is 2.05. The molecule has 1 aromatic carbocycles. The second-order valence-corrected chi connectivity index (χ2v) is 4.15. The Morgan fingerprint density at radius 3 is 2.71 bits per heavy atom. The van der Waals surface area contributed by atoms with Gasteiger partial charge in [-0.15, -0.1) is 0 Å². The summed E-state index contributed by atoms with van der Waals surface area (Å²) in [7, 11) is 0. The monoisotopic (exact) mass is 232 g/mol. The van der Waals surface area contributed by atoms with Crippen LogP contribution < -0.4 is 0 Å². The Morgan fingerprint density at radius 2 is 2.06 bits per heavy atom. The zero-order valence-electron chi connectivity index (χ0n) is 10.1. The average molecular weight is 232 g/mol. The third-order valence-corrected chi connectivity index (χ3v) is 2.02. The van der Waals surface area contributed by atoms with Crippen LogP contribution in [-0.4, -0.2) is 18.9 Å². The van der Waals surface area contributed by atoms with E-state index in [9.17, 15) is 9.59 Å². The highest BCUT2D eigenvalue weighted by atomic mass is 16.5. The van der Waals surface area contributed by atoms with Gasteiger partial charge in [-0.3, -0.25) is 4.79 Å². The predicted molar refractivity (Wildman–Crippen MR) is 66.7 cm³/mol. The van der Waals surface area contributed by atoms with Gasteiger partial charge < -0.3 is 4.74 Å². The minimum absolute atomic E-state index is 0.325. The first-order valence-electron chi connectivity index (χ1n) is 5.52. The molecule has 0 saturated carbocycles. The lowest BCUT2D eigenvalue weighted by Gasteiger charge is -2.03. The highest BCUT2D eigenvalue weighted by molar-refractivity contribution is 5.87. The Labute approximate surface area is 101 Å². The van der Waals surface area contributed by atoms with Gasteiger partial charge in [-0.25, -0.2) is 4.79 Å². The number of ether oxygens (including phenoxy) is 1. The molecule has 0 radical (unpaired) electrons. The third-order valence-electron chi connectivity index (χ3n) is 2.02. The molecule has 1 rings (SSSR count). The maximum atomic E-state index is 11.3. The molecule has 3 heteroatoms. The minimum atomic E-state index is -0.366. The minimum Gasteiger partial charge on any atom is -0.462 e. The van der Waals surface area contributed by atoms with E-state index >= 15 is 0 Å². The molecule has 90 valence electrons. The first kappa shape index (κ1) is 13.2. The van der Waals surface area contributed by atoms with Crippen LogP contribution in [0.25, 0.3) is 6.08 Å². The lowest BCUT2D eigenvalue weighted by Crippen LogP contribution is -2.06. The van der Waals surface area contributed by atoms with E-state index in [-0.39, 0.29) is 5.97 Å². The van der Waals surface area contributed by atoms with Gasteiger partial charge in [0.1, 0.15) is 6.29 Å². The van der Waals surface area contributed by atoms with Crippen molar-refractivity contribution in [3.05, 3.63) is 41.5 Å². The van der Waals surface area contributed by atoms with Crippen LogP contribution in [-0.2, 0) is 9.53 Å². The molecule has 0 unspecified atom stereocenters. The van der Waals surface area contributed by atoms with Crippen molar-refractivity contribution in [2.45, 2.75) is 13.8 Å². The number of rotatable bonds is 5. The van der Waals surface area contributed by atoms with Crippen molar-refractivity contribution < 1.29 is 14.3 Å². The van der Waals surface area contributed by atoms with E-state index in [1.807, 2.05) is 19.9 Å². The van der Waals surface area contributed by atoms with Crippen molar-refractivity contribution in [3.8, 4) is 0 Å². The van der Waals surface area contributed by atoms with Crippen LogP contribution >= 0.6 is 0 Å². The lowest BCUT2D eigenvalue weighted by molar-refractivity contribution is -0.138. The molecule has 0 spiro atoms. The largest absolute Gasteiger partial charge is 0.462 e. The van der Waals surface area contributed by atoms with Gasteiger partial charge in [0.15, 0.2) is 0 Å². The molecule has 0 aliphatic heterocycles. The molecule has 0 aromatic heterocycles. The Bertz CT molecular complexity index is 419. The van der Waals surface area contributed by atoms with Crippen molar-refractivity contribution in [2.24, 2.45) is 5.92 Å². The smallest absolute Gasteiger partial charge is 0.330 e.